The van der Waals surface area contributed by atoms with Crippen molar-refractivity contribution in [3.05, 3.63) is 76.9 Å². The molecule has 0 radical (unpaired) electrons. The van der Waals surface area contributed by atoms with Gasteiger partial charge in [0.1, 0.15) is 18.2 Å². The predicted molar refractivity (Wildman–Crippen MR) is 99.0 cm³/mol. The van der Waals surface area contributed by atoms with Gasteiger partial charge in [-0.3, -0.25) is 9.89 Å². The van der Waals surface area contributed by atoms with E-state index in [4.69, 9.17) is 4.74 Å². The Morgan fingerprint density at radius 2 is 1.81 bits per heavy atom. The van der Waals surface area contributed by atoms with Crippen LogP contribution < -0.4 is 10.1 Å². The van der Waals surface area contributed by atoms with Crippen LogP contribution in [0.2, 0.25) is 0 Å². The summed E-state index contributed by atoms with van der Waals surface area (Å²) in [4.78, 5) is 16.6. The summed E-state index contributed by atoms with van der Waals surface area (Å²) in [5.74, 6) is 1.96. The van der Waals surface area contributed by atoms with E-state index in [2.05, 4.69) is 20.5 Å². The molecule has 0 unspecified atom stereocenters. The minimum Gasteiger partial charge on any atom is -0.489 e. The molecule has 0 spiro atoms. The van der Waals surface area contributed by atoms with E-state index in [9.17, 15) is 4.79 Å². The minimum absolute atomic E-state index is 0.161. The third kappa shape index (κ3) is 4.47. The summed E-state index contributed by atoms with van der Waals surface area (Å²) in [5.41, 5.74) is 2.78. The average Bonchev–Trinajstić information content (AvgIpc) is 3.08. The number of aryl methyl sites for hydroxylation is 2. The van der Waals surface area contributed by atoms with Gasteiger partial charge >= 0.3 is 0 Å². The van der Waals surface area contributed by atoms with Gasteiger partial charge < -0.3 is 10.1 Å². The first-order chi connectivity index (χ1) is 12.5. The SMILES string of the molecule is Cc1ccc(OCc2ccc(C(=O)N[C@@H](C)c3n[nH]c(C)n3)cc2)cc1. The maximum atomic E-state index is 12.3. The van der Waals surface area contributed by atoms with E-state index in [1.165, 1.54) is 5.56 Å². The van der Waals surface area contributed by atoms with Crippen molar-refractivity contribution in [3.8, 4) is 5.75 Å². The molecule has 3 aromatic rings. The Morgan fingerprint density at radius 1 is 1.12 bits per heavy atom. The highest BCUT2D eigenvalue weighted by Gasteiger charge is 2.14. The second kappa shape index (κ2) is 7.82. The van der Waals surface area contributed by atoms with Crippen molar-refractivity contribution >= 4 is 5.91 Å². The van der Waals surface area contributed by atoms with Crippen LogP contribution in [0.4, 0.5) is 0 Å². The van der Waals surface area contributed by atoms with Gasteiger partial charge in [-0.25, -0.2) is 4.98 Å². The minimum atomic E-state index is -0.267. The Kier molecular flexibility index (Phi) is 5.31. The van der Waals surface area contributed by atoms with Crippen LogP contribution in [0.1, 0.15) is 46.1 Å². The van der Waals surface area contributed by atoms with Crippen LogP contribution in [0.25, 0.3) is 0 Å². The molecular formula is C20H22N4O2. The molecule has 0 aliphatic carbocycles. The third-order valence-corrected chi connectivity index (χ3v) is 3.99. The van der Waals surface area contributed by atoms with Crippen molar-refractivity contribution in [2.75, 3.05) is 0 Å². The van der Waals surface area contributed by atoms with Crippen molar-refractivity contribution in [3.63, 3.8) is 0 Å². The van der Waals surface area contributed by atoms with Gasteiger partial charge in [0.05, 0.1) is 6.04 Å². The zero-order valence-electron chi connectivity index (χ0n) is 15.1. The summed E-state index contributed by atoms with van der Waals surface area (Å²) in [6.45, 7) is 6.17. The van der Waals surface area contributed by atoms with Crippen LogP contribution in [-0.4, -0.2) is 21.1 Å². The molecule has 26 heavy (non-hydrogen) atoms. The number of ether oxygens (including phenoxy) is 1. The Bertz CT molecular complexity index is 870. The lowest BCUT2D eigenvalue weighted by Gasteiger charge is -2.11. The second-order valence-electron chi connectivity index (χ2n) is 6.27. The Labute approximate surface area is 152 Å². The van der Waals surface area contributed by atoms with Crippen LogP contribution in [-0.2, 0) is 6.61 Å². The molecule has 6 heteroatoms. The molecular weight excluding hydrogens is 328 g/mol. The monoisotopic (exact) mass is 350 g/mol. The van der Waals surface area contributed by atoms with Crippen molar-refractivity contribution in [2.24, 2.45) is 0 Å². The lowest BCUT2D eigenvalue weighted by Crippen LogP contribution is -2.27. The molecule has 134 valence electrons. The summed E-state index contributed by atoms with van der Waals surface area (Å²) < 4.78 is 5.75. The Hall–Kier alpha value is -3.15. The first-order valence-electron chi connectivity index (χ1n) is 8.49. The molecule has 0 aliphatic heterocycles. The fourth-order valence-corrected chi connectivity index (χ4v) is 2.45. The number of hydrogen-bond acceptors (Lipinski definition) is 4. The molecule has 6 nitrogen and oxygen atoms in total. The molecule has 0 fully saturated rings. The number of carbonyl (C=O) groups is 1. The molecule has 1 aromatic heterocycles. The lowest BCUT2D eigenvalue weighted by molar-refractivity contribution is 0.0938. The van der Waals surface area contributed by atoms with E-state index < -0.39 is 0 Å². The number of aromatic amines is 1. The molecule has 0 aliphatic rings. The quantitative estimate of drug-likeness (QED) is 0.713. The van der Waals surface area contributed by atoms with E-state index in [1.807, 2.05) is 57.2 Å². The summed E-state index contributed by atoms with van der Waals surface area (Å²) in [6.07, 6.45) is 0. The lowest BCUT2D eigenvalue weighted by atomic mass is 10.1. The number of nitrogens with one attached hydrogen (secondary N) is 2. The van der Waals surface area contributed by atoms with E-state index in [-0.39, 0.29) is 11.9 Å². The van der Waals surface area contributed by atoms with Crippen LogP contribution in [0, 0.1) is 13.8 Å². The fraction of sp³-hybridized carbons (Fsp3) is 0.250. The van der Waals surface area contributed by atoms with Crippen molar-refractivity contribution in [1.29, 1.82) is 0 Å². The molecule has 0 bridgehead atoms. The molecule has 0 saturated heterocycles. The Balaban J connectivity index is 1.56. The van der Waals surface area contributed by atoms with Gasteiger partial charge in [0.25, 0.3) is 5.91 Å². The number of carbonyl (C=O) groups excluding carboxylic acids is 1. The average molecular weight is 350 g/mol. The van der Waals surface area contributed by atoms with Gasteiger partial charge in [0, 0.05) is 5.56 Å². The highest BCUT2D eigenvalue weighted by Crippen LogP contribution is 2.15. The van der Waals surface area contributed by atoms with E-state index >= 15 is 0 Å². The third-order valence-electron chi connectivity index (χ3n) is 3.99. The molecule has 1 heterocycles. The number of hydrogen-bond donors (Lipinski definition) is 2. The number of amides is 1. The molecule has 1 amide bonds. The number of H-pyrrole nitrogens is 1. The molecule has 1 atom stereocenters. The van der Waals surface area contributed by atoms with Crippen LogP contribution in [0.15, 0.2) is 48.5 Å². The van der Waals surface area contributed by atoms with Gasteiger partial charge in [-0.1, -0.05) is 29.8 Å². The van der Waals surface area contributed by atoms with E-state index in [0.717, 1.165) is 17.1 Å². The van der Waals surface area contributed by atoms with Crippen molar-refractivity contribution < 1.29 is 9.53 Å². The zero-order chi connectivity index (χ0) is 18.5. The summed E-state index contributed by atoms with van der Waals surface area (Å²) in [6, 6.07) is 15.0. The molecule has 3 rings (SSSR count). The molecule has 0 saturated carbocycles. The van der Waals surface area contributed by atoms with Crippen molar-refractivity contribution in [1.82, 2.24) is 20.5 Å². The highest BCUT2D eigenvalue weighted by molar-refractivity contribution is 5.94. The zero-order valence-corrected chi connectivity index (χ0v) is 15.1. The van der Waals surface area contributed by atoms with Crippen LogP contribution >= 0.6 is 0 Å². The predicted octanol–water partition coefficient (Wildman–Crippen LogP) is 3.49. The second-order valence-corrected chi connectivity index (χ2v) is 6.27. The Morgan fingerprint density at radius 3 is 2.42 bits per heavy atom. The summed E-state index contributed by atoms with van der Waals surface area (Å²) >= 11 is 0. The van der Waals surface area contributed by atoms with Crippen molar-refractivity contribution in [2.45, 2.75) is 33.4 Å². The molecule has 2 aromatic carbocycles. The largest absolute Gasteiger partial charge is 0.489 e. The van der Waals surface area contributed by atoms with Gasteiger partial charge in [0.15, 0.2) is 5.82 Å². The molecule has 2 N–H and O–H groups in total. The van der Waals surface area contributed by atoms with Gasteiger partial charge in [-0.2, -0.15) is 5.10 Å². The summed E-state index contributed by atoms with van der Waals surface area (Å²) in [7, 11) is 0. The van der Waals surface area contributed by atoms with E-state index in [1.54, 1.807) is 12.1 Å². The first-order valence-corrected chi connectivity index (χ1v) is 8.49. The van der Waals surface area contributed by atoms with Gasteiger partial charge in [0.2, 0.25) is 0 Å². The smallest absolute Gasteiger partial charge is 0.251 e. The highest BCUT2D eigenvalue weighted by atomic mass is 16.5. The van der Waals surface area contributed by atoms with Crippen LogP contribution in [0.3, 0.4) is 0 Å². The van der Waals surface area contributed by atoms with E-state index in [0.29, 0.717) is 18.0 Å². The first kappa shape index (κ1) is 17.7. The number of benzene rings is 2. The standard InChI is InChI=1S/C20H22N4O2/c1-13-4-10-18(11-5-13)26-12-16-6-8-17(9-7-16)20(25)21-14(2)19-22-15(3)23-24-19/h4-11,14H,12H2,1-3H3,(H,21,25)(H,22,23,24)/t14-/m0/s1. The van der Waals surface area contributed by atoms with Crippen LogP contribution in [0.5, 0.6) is 5.75 Å². The normalized spacial score (nSPS) is 11.8. The number of nitrogens with zero attached hydrogens (tertiary/aromatic N) is 2. The number of aromatic nitrogens is 3. The maximum Gasteiger partial charge on any atom is 0.251 e. The van der Waals surface area contributed by atoms with Gasteiger partial charge in [-0.15, -0.1) is 0 Å². The fourth-order valence-electron chi connectivity index (χ4n) is 2.45. The summed E-state index contributed by atoms with van der Waals surface area (Å²) in [5, 5.41) is 9.74. The topological polar surface area (TPSA) is 79.9 Å². The maximum absolute atomic E-state index is 12.3. The number of rotatable bonds is 6. The van der Waals surface area contributed by atoms with Gasteiger partial charge in [-0.05, 0) is 50.6 Å².